The van der Waals surface area contributed by atoms with Gasteiger partial charge in [-0.2, -0.15) is 35.1 Å². The molecule has 1 aliphatic heterocycles. The van der Waals surface area contributed by atoms with Crippen LogP contribution in [0.1, 0.15) is 60.8 Å². The van der Waals surface area contributed by atoms with Crippen LogP contribution in [0.5, 0.6) is 0 Å². The number of esters is 3. The van der Waals surface area contributed by atoms with Crippen LogP contribution in [0.15, 0.2) is 0 Å². The van der Waals surface area contributed by atoms with Crippen LogP contribution < -0.4 is 0 Å². The lowest BCUT2D eigenvalue weighted by atomic mass is 9.88. The monoisotopic (exact) mass is 596 g/mol. The summed E-state index contributed by atoms with van der Waals surface area (Å²) in [4.78, 5) is 34.1. The summed E-state index contributed by atoms with van der Waals surface area (Å²) in [7, 11) is 0. The molecule has 0 spiro atoms. The van der Waals surface area contributed by atoms with Gasteiger partial charge in [-0.1, -0.05) is 13.8 Å². The maximum atomic E-state index is 13.8. The van der Waals surface area contributed by atoms with E-state index < -0.39 is 65.3 Å². The molecule has 0 aromatic carbocycles. The van der Waals surface area contributed by atoms with E-state index in [1.165, 1.54) is 6.92 Å². The Morgan fingerprint density at radius 1 is 0.923 bits per heavy atom. The smallest absolute Gasteiger partial charge is 0.431 e. The van der Waals surface area contributed by atoms with Gasteiger partial charge in [-0.15, -0.1) is 0 Å². The number of ether oxygens (including phenoxy) is 3. The average molecular weight is 596 g/mol. The van der Waals surface area contributed by atoms with E-state index >= 15 is 0 Å². The summed E-state index contributed by atoms with van der Waals surface area (Å²) in [5.41, 5.74) is -8.75. The van der Waals surface area contributed by atoms with Crippen molar-refractivity contribution in [2.45, 2.75) is 103 Å². The molecule has 17 heteroatoms. The van der Waals surface area contributed by atoms with Gasteiger partial charge in [0.25, 0.3) is 18.1 Å². The standard InChI is InChI=1S/C12H14F10O3.C10H16O4/c1-4-8(2,3)7(23)25-5(11(17,18)19)10(15,16)9(24,6(13)14)12(20,21)22;1-4-10(2,3)9(12)14-7-5-6-13-8(7)11/h5-6,24H,4H2,1-3H3;7H,4-6H2,1-3H3. The molecule has 0 radical (unpaired) electrons. The van der Waals surface area contributed by atoms with Gasteiger partial charge in [0.2, 0.25) is 6.10 Å². The fourth-order valence-corrected chi connectivity index (χ4v) is 2.43. The molecule has 3 unspecified atom stereocenters. The average Bonchev–Trinajstić information content (AvgIpc) is 3.19. The van der Waals surface area contributed by atoms with Gasteiger partial charge in [0.1, 0.15) is 0 Å². The molecule has 0 bridgehead atoms. The van der Waals surface area contributed by atoms with Gasteiger partial charge in [-0.3, -0.25) is 9.59 Å². The number of cyclic esters (lactones) is 1. The Balaban J connectivity index is 0.000000864. The van der Waals surface area contributed by atoms with Crippen molar-refractivity contribution in [3.05, 3.63) is 0 Å². The lowest BCUT2D eigenvalue weighted by molar-refractivity contribution is -0.401. The minimum atomic E-state index is -6.86. The Hall–Kier alpha value is -2.33. The van der Waals surface area contributed by atoms with Crippen molar-refractivity contribution in [3.8, 4) is 0 Å². The minimum Gasteiger partial charge on any atom is -0.463 e. The highest BCUT2D eigenvalue weighted by Gasteiger charge is 2.81. The van der Waals surface area contributed by atoms with Crippen LogP contribution in [-0.2, 0) is 28.6 Å². The van der Waals surface area contributed by atoms with E-state index in [4.69, 9.17) is 14.6 Å². The third-order valence-electron chi connectivity index (χ3n) is 6.12. The molecule has 1 rings (SSSR count). The van der Waals surface area contributed by atoms with Crippen molar-refractivity contribution in [3.63, 3.8) is 0 Å². The SMILES string of the molecule is CCC(C)(C)C(=O)OC(C(F)(F)F)C(F)(F)C(O)(C(F)F)C(F)(F)F.CCC(C)(C)C(=O)OC1CCOC1=O. The number of hydrogen-bond donors (Lipinski definition) is 1. The third kappa shape index (κ3) is 8.33. The quantitative estimate of drug-likeness (QED) is 0.217. The fourth-order valence-electron chi connectivity index (χ4n) is 2.43. The summed E-state index contributed by atoms with van der Waals surface area (Å²) in [5.74, 6) is -9.39. The number of alkyl halides is 10. The molecule has 1 fully saturated rings. The van der Waals surface area contributed by atoms with Gasteiger partial charge < -0.3 is 19.3 Å². The highest BCUT2D eigenvalue weighted by molar-refractivity contribution is 5.82. The third-order valence-corrected chi connectivity index (χ3v) is 6.12. The second-order valence-electron chi connectivity index (χ2n) is 9.84. The molecule has 1 aliphatic rings. The predicted octanol–water partition coefficient (Wildman–Crippen LogP) is 5.37. The zero-order valence-electron chi connectivity index (χ0n) is 21.7. The van der Waals surface area contributed by atoms with Gasteiger partial charge in [-0.25, -0.2) is 13.6 Å². The number of carbonyl (C=O) groups excluding carboxylic acids is 3. The first-order chi connectivity index (χ1) is 17.2. The normalized spacial score (nSPS) is 19.4. The van der Waals surface area contributed by atoms with Crippen molar-refractivity contribution in [2.75, 3.05) is 6.61 Å². The van der Waals surface area contributed by atoms with E-state index in [1.54, 1.807) is 13.8 Å². The Labute approximate surface area is 217 Å². The Morgan fingerprint density at radius 3 is 1.67 bits per heavy atom. The van der Waals surface area contributed by atoms with E-state index in [2.05, 4.69) is 4.74 Å². The molecular formula is C22H30F10O7. The van der Waals surface area contributed by atoms with Crippen molar-refractivity contribution in [1.29, 1.82) is 0 Å². The second-order valence-corrected chi connectivity index (χ2v) is 9.84. The van der Waals surface area contributed by atoms with E-state index in [1.807, 2.05) is 6.92 Å². The van der Waals surface area contributed by atoms with Gasteiger partial charge in [0.05, 0.1) is 17.4 Å². The molecule has 0 aromatic heterocycles. The van der Waals surface area contributed by atoms with Gasteiger partial charge in [-0.05, 0) is 40.5 Å². The lowest BCUT2D eigenvalue weighted by Gasteiger charge is -2.40. The topological polar surface area (TPSA) is 99.1 Å². The van der Waals surface area contributed by atoms with Crippen LogP contribution in [0.25, 0.3) is 0 Å². The summed E-state index contributed by atoms with van der Waals surface area (Å²) in [6.45, 7) is 8.96. The first-order valence-electron chi connectivity index (χ1n) is 11.3. The zero-order chi connectivity index (χ0) is 31.4. The molecule has 0 amide bonds. The number of aliphatic hydroxyl groups is 1. The van der Waals surface area contributed by atoms with Gasteiger partial charge >= 0.3 is 36.2 Å². The van der Waals surface area contributed by atoms with Crippen LogP contribution in [0, 0.1) is 10.8 Å². The van der Waals surface area contributed by atoms with E-state index in [-0.39, 0.29) is 12.4 Å². The van der Waals surface area contributed by atoms with Crippen molar-refractivity contribution >= 4 is 17.9 Å². The maximum absolute atomic E-state index is 13.8. The van der Waals surface area contributed by atoms with Crippen molar-refractivity contribution in [1.82, 2.24) is 0 Å². The Bertz CT molecular complexity index is 868. The molecule has 230 valence electrons. The van der Waals surface area contributed by atoms with E-state index in [9.17, 15) is 58.3 Å². The number of carbonyl (C=O) groups is 3. The highest BCUT2D eigenvalue weighted by atomic mass is 19.4. The maximum Gasteiger partial charge on any atom is 0.431 e. The lowest BCUT2D eigenvalue weighted by Crippen LogP contribution is -2.70. The number of rotatable bonds is 9. The molecule has 3 atom stereocenters. The van der Waals surface area contributed by atoms with Crippen molar-refractivity contribution in [2.24, 2.45) is 10.8 Å². The molecule has 0 aromatic rings. The minimum absolute atomic E-state index is 0.264. The first-order valence-corrected chi connectivity index (χ1v) is 11.3. The highest BCUT2D eigenvalue weighted by Crippen LogP contribution is 2.51. The van der Waals surface area contributed by atoms with Crippen LogP contribution in [-0.4, -0.2) is 72.1 Å². The number of halogens is 10. The molecule has 7 nitrogen and oxygen atoms in total. The number of hydrogen-bond acceptors (Lipinski definition) is 7. The predicted molar refractivity (Wildman–Crippen MR) is 111 cm³/mol. The molecule has 0 saturated carbocycles. The van der Waals surface area contributed by atoms with Crippen LogP contribution in [0.3, 0.4) is 0 Å². The molecule has 0 aliphatic carbocycles. The molecule has 1 heterocycles. The van der Waals surface area contributed by atoms with Crippen LogP contribution in [0.2, 0.25) is 0 Å². The summed E-state index contributed by atoms with van der Waals surface area (Å²) in [6, 6.07) is 0. The molecule has 39 heavy (non-hydrogen) atoms. The zero-order valence-corrected chi connectivity index (χ0v) is 21.7. The summed E-state index contributed by atoms with van der Waals surface area (Å²) < 4.78 is 142. The van der Waals surface area contributed by atoms with Crippen molar-refractivity contribution < 1.29 is 77.6 Å². The van der Waals surface area contributed by atoms with Gasteiger partial charge in [0, 0.05) is 6.42 Å². The Kier molecular flexibility index (Phi) is 11.7. The Morgan fingerprint density at radius 2 is 1.36 bits per heavy atom. The van der Waals surface area contributed by atoms with Crippen LogP contribution in [0.4, 0.5) is 43.9 Å². The summed E-state index contributed by atoms with van der Waals surface area (Å²) in [5, 5.41) is 8.74. The first kappa shape index (κ1) is 36.7. The molecular weight excluding hydrogens is 566 g/mol. The van der Waals surface area contributed by atoms with Gasteiger partial charge in [0.15, 0.2) is 0 Å². The van der Waals surface area contributed by atoms with E-state index in [0.717, 1.165) is 13.8 Å². The molecule has 1 saturated heterocycles. The van der Waals surface area contributed by atoms with E-state index in [0.29, 0.717) is 19.4 Å². The van der Waals surface area contributed by atoms with Crippen LogP contribution >= 0.6 is 0 Å². The largest absolute Gasteiger partial charge is 0.463 e. The second kappa shape index (κ2) is 12.5. The summed E-state index contributed by atoms with van der Waals surface area (Å²) >= 11 is 0. The fraction of sp³-hybridized carbons (Fsp3) is 0.864. The molecule has 1 N–H and O–H groups in total. The summed E-state index contributed by atoms with van der Waals surface area (Å²) in [6.07, 6.45) is -23.3.